The van der Waals surface area contributed by atoms with Gasteiger partial charge in [0.1, 0.15) is 11.5 Å². The Morgan fingerprint density at radius 1 is 0.765 bits per heavy atom. The van der Waals surface area contributed by atoms with Gasteiger partial charge in [0, 0.05) is 5.56 Å². The van der Waals surface area contributed by atoms with E-state index in [0.29, 0.717) is 37.2 Å². The summed E-state index contributed by atoms with van der Waals surface area (Å²) in [4.78, 5) is 25.1. The van der Waals surface area contributed by atoms with Crippen molar-refractivity contribution in [3.8, 4) is 47.0 Å². The van der Waals surface area contributed by atoms with Gasteiger partial charge in [0.05, 0.1) is 11.8 Å². The first-order chi connectivity index (χ1) is 16.6. The monoisotopic (exact) mass is 452 g/mol. The van der Waals surface area contributed by atoms with Gasteiger partial charge < -0.3 is 9.47 Å². The lowest BCUT2D eigenvalue weighted by Gasteiger charge is -2.25. The minimum absolute atomic E-state index is 0.191. The number of carbonyl (C=O) groups is 2. The average molecular weight is 453 g/mol. The van der Waals surface area contributed by atoms with Crippen molar-refractivity contribution < 1.29 is 19.1 Å². The van der Waals surface area contributed by atoms with Gasteiger partial charge in [0.25, 0.3) is 0 Å². The summed E-state index contributed by atoms with van der Waals surface area (Å²) in [6.45, 7) is 3.85. The molecule has 0 unspecified atom stereocenters. The fourth-order valence-corrected chi connectivity index (χ4v) is 3.81. The molecule has 3 rings (SSSR count). The maximum absolute atomic E-state index is 12.6. The maximum Gasteiger partial charge on any atom is 0.314 e. The van der Waals surface area contributed by atoms with Crippen LogP contribution in [-0.2, 0) is 16.0 Å². The Hall–Kier alpha value is -3.94. The average Bonchev–Trinajstić information content (AvgIpc) is 2.86. The zero-order valence-corrected chi connectivity index (χ0v) is 19.6. The molecule has 0 bridgehead atoms. The fourth-order valence-electron chi connectivity index (χ4n) is 3.81. The number of carbonyl (C=O) groups excluding carboxylic acids is 2. The lowest BCUT2D eigenvalue weighted by atomic mass is 9.82. The highest BCUT2D eigenvalue weighted by molar-refractivity contribution is 5.77. The van der Waals surface area contributed by atoms with Crippen LogP contribution in [0.1, 0.15) is 57.1 Å². The molecule has 0 saturated heterocycles. The molecule has 4 heteroatoms. The van der Waals surface area contributed by atoms with Gasteiger partial charge in [0.2, 0.25) is 0 Å². The smallest absolute Gasteiger partial charge is 0.314 e. The first-order valence-corrected chi connectivity index (χ1v) is 11.6. The van der Waals surface area contributed by atoms with Crippen LogP contribution in [0.4, 0.5) is 0 Å². The zero-order valence-electron chi connectivity index (χ0n) is 19.6. The summed E-state index contributed by atoms with van der Waals surface area (Å²) in [6.07, 6.45) is 4.54. The van der Waals surface area contributed by atoms with Crippen LogP contribution >= 0.6 is 0 Å². The van der Waals surface area contributed by atoms with Crippen molar-refractivity contribution in [2.24, 2.45) is 11.8 Å². The number of rotatable bonds is 6. The summed E-state index contributed by atoms with van der Waals surface area (Å²) in [5.74, 6) is 16.4. The molecule has 0 aromatic heterocycles. The molecule has 1 aliphatic rings. The van der Waals surface area contributed by atoms with Crippen LogP contribution in [0.15, 0.2) is 48.5 Å². The molecule has 2 aromatic rings. The Balaban J connectivity index is 1.45. The summed E-state index contributed by atoms with van der Waals surface area (Å²) in [6, 6.07) is 14.7. The van der Waals surface area contributed by atoms with Gasteiger partial charge in [-0.2, -0.15) is 0 Å². The summed E-state index contributed by atoms with van der Waals surface area (Å²) < 4.78 is 11.1. The number of ether oxygens (including phenoxy) is 2. The predicted octanol–water partition coefficient (Wildman–Crippen LogP) is 5.33. The molecule has 34 heavy (non-hydrogen) atoms. The van der Waals surface area contributed by atoms with Crippen LogP contribution in [0, 0.1) is 47.4 Å². The first-order valence-electron chi connectivity index (χ1n) is 11.6. The molecular weight excluding hydrogens is 424 g/mol. The van der Waals surface area contributed by atoms with Crippen molar-refractivity contribution in [1.82, 2.24) is 0 Å². The number of aryl methyl sites for hydroxylation is 1. The lowest BCUT2D eigenvalue weighted by molar-refractivity contribution is -0.145. The van der Waals surface area contributed by atoms with E-state index in [0.717, 1.165) is 18.4 Å². The Labute approximate surface area is 202 Å². The fraction of sp³-hybridized carbons (Fsp3) is 0.333. The Morgan fingerprint density at radius 2 is 1.26 bits per heavy atom. The van der Waals surface area contributed by atoms with Crippen molar-refractivity contribution in [2.45, 2.75) is 52.4 Å². The normalized spacial score (nSPS) is 16.4. The van der Waals surface area contributed by atoms with Crippen LogP contribution in [0.3, 0.4) is 0 Å². The largest absolute Gasteiger partial charge is 0.426 e. The molecule has 2 aromatic carbocycles. The molecule has 4 nitrogen and oxygen atoms in total. The van der Waals surface area contributed by atoms with E-state index in [-0.39, 0.29) is 23.8 Å². The Morgan fingerprint density at radius 3 is 1.76 bits per heavy atom. The lowest BCUT2D eigenvalue weighted by Crippen LogP contribution is -2.30. The van der Waals surface area contributed by atoms with Gasteiger partial charge in [-0.25, -0.2) is 0 Å². The van der Waals surface area contributed by atoms with E-state index in [1.54, 1.807) is 31.2 Å². The van der Waals surface area contributed by atoms with Crippen LogP contribution in [0.2, 0.25) is 0 Å². The van der Waals surface area contributed by atoms with Gasteiger partial charge in [-0.1, -0.05) is 37.3 Å². The van der Waals surface area contributed by atoms with Crippen molar-refractivity contribution in [2.75, 3.05) is 0 Å². The second-order valence-electron chi connectivity index (χ2n) is 8.18. The minimum Gasteiger partial charge on any atom is -0.426 e. The third-order valence-corrected chi connectivity index (χ3v) is 5.67. The summed E-state index contributed by atoms with van der Waals surface area (Å²) in [5, 5.41) is 0. The highest BCUT2D eigenvalue weighted by atomic mass is 16.5. The van der Waals surface area contributed by atoms with Gasteiger partial charge >= 0.3 is 11.9 Å². The molecule has 0 N–H and O–H groups in total. The second-order valence-corrected chi connectivity index (χ2v) is 8.18. The molecule has 0 amide bonds. The third-order valence-electron chi connectivity index (χ3n) is 5.67. The second kappa shape index (κ2) is 12.9. The highest BCUT2D eigenvalue weighted by Crippen LogP contribution is 2.31. The molecule has 0 heterocycles. The molecule has 1 fully saturated rings. The summed E-state index contributed by atoms with van der Waals surface area (Å²) in [5.41, 5.74) is 2.01. The van der Waals surface area contributed by atoms with Crippen molar-refractivity contribution in [3.05, 3.63) is 59.7 Å². The highest BCUT2D eigenvalue weighted by Gasteiger charge is 2.32. The van der Waals surface area contributed by atoms with E-state index in [1.807, 2.05) is 24.3 Å². The van der Waals surface area contributed by atoms with Crippen LogP contribution in [0.5, 0.6) is 11.5 Å². The Bertz CT molecular complexity index is 1160. The third kappa shape index (κ3) is 7.58. The van der Waals surface area contributed by atoms with E-state index in [4.69, 9.17) is 9.47 Å². The topological polar surface area (TPSA) is 52.6 Å². The van der Waals surface area contributed by atoms with Gasteiger partial charge in [0.15, 0.2) is 0 Å². The molecular formula is C30H28O4. The number of benzene rings is 2. The van der Waals surface area contributed by atoms with Crippen molar-refractivity contribution >= 4 is 11.9 Å². The zero-order chi connectivity index (χ0) is 24.2. The SMILES string of the molecule is CC#CC#CC#Cc1ccc(OC(=O)C2CCC(C(=O)Oc3ccc(CCC)cc3)CC2)cc1. The molecule has 0 aliphatic heterocycles. The van der Waals surface area contributed by atoms with Gasteiger partial charge in [-0.3, -0.25) is 9.59 Å². The number of esters is 2. The quantitative estimate of drug-likeness (QED) is 0.338. The van der Waals surface area contributed by atoms with Gasteiger partial charge in [-0.15, -0.1) is 0 Å². The van der Waals surface area contributed by atoms with Crippen LogP contribution in [0.25, 0.3) is 0 Å². The Kier molecular flexibility index (Phi) is 9.40. The molecule has 1 saturated carbocycles. The molecule has 0 radical (unpaired) electrons. The van der Waals surface area contributed by atoms with E-state index in [2.05, 4.69) is 42.4 Å². The van der Waals surface area contributed by atoms with E-state index >= 15 is 0 Å². The maximum atomic E-state index is 12.6. The number of hydrogen-bond donors (Lipinski definition) is 0. The minimum atomic E-state index is -0.263. The summed E-state index contributed by atoms with van der Waals surface area (Å²) >= 11 is 0. The van der Waals surface area contributed by atoms with Crippen LogP contribution in [-0.4, -0.2) is 11.9 Å². The molecule has 0 spiro atoms. The molecule has 1 aliphatic carbocycles. The number of hydrogen-bond acceptors (Lipinski definition) is 4. The van der Waals surface area contributed by atoms with Crippen LogP contribution < -0.4 is 9.47 Å². The van der Waals surface area contributed by atoms with Crippen molar-refractivity contribution in [3.63, 3.8) is 0 Å². The molecule has 0 atom stereocenters. The standard InChI is InChI=1S/C30H28O4/c1-3-5-6-7-8-10-24-13-21-28(22-14-24)34-30(32)26-17-15-25(16-18-26)29(31)33-27-19-11-23(9-4-2)12-20-27/h11-14,19-22,25-26H,4,9,15-18H2,1-2H3. The van der Waals surface area contributed by atoms with E-state index in [1.165, 1.54) is 5.56 Å². The van der Waals surface area contributed by atoms with E-state index in [9.17, 15) is 9.59 Å². The summed E-state index contributed by atoms with van der Waals surface area (Å²) in [7, 11) is 0. The van der Waals surface area contributed by atoms with Gasteiger partial charge in [-0.05, 0) is 105 Å². The van der Waals surface area contributed by atoms with E-state index < -0.39 is 0 Å². The molecule has 172 valence electrons. The predicted molar refractivity (Wildman–Crippen MR) is 132 cm³/mol. The van der Waals surface area contributed by atoms with Crippen molar-refractivity contribution in [1.29, 1.82) is 0 Å². The first kappa shape index (κ1) is 24.7.